The zero-order valence-electron chi connectivity index (χ0n) is 13.1. The molecular formula is C17H14BrNO5S. The van der Waals surface area contributed by atoms with Crippen LogP contribution >= 0.6 is 15.9 Å². The Morgan fingerprint density at radius 1 is 1.08 bits per heavy atom. The summed E-state index contributed by atoms with van der Waals surface area (Å²) in [4.78, 5) is 12.1. The maximum absolute atomic E-state index is 12.5. The molecule has 1 aliphatic rings. The minimum absolute atomic E-state index is 0.0938. The van der Waals surface area contributed by atoms with Crippen LogP contribution in [0.2, 0.25) is 0 Å². The molecule has 2 aromatic carbocycles. The van der Waals surface area contributed by atoms with Crippen LogP contribution in [-0.4, -0.2) is 20.6 Å². The smallest absolute Gasteiger partial charge is 0.377 e. The highest BCUT2D eigenvalue weighted by molar-refractivity contribution is 9.11. The second-order valence-electron chi connectivity index (χ2n) is 5.26. The van der Waals surface area contributed by atoms with Crippen LogP contribution in [-0.2, 0) is 19.6 Å². The van der Waals surface area contributed by atoms with Crippen molar-refractivity contribution >= 4 is 31.9 Å². The first kappa shape index (κ1) is 17.7. The van der Waals surface area contributed by atoms with Crippen LogP contribution in [0.1, 0.15) is 5.56 Å². The number of halogens is 1. The molecule has 0 saturated heterocycles. The lowest BCUT2D eigenvalue weighted by Gasteiger charge is -2.14. The molecule has 1 aliphatic heterocycles. The second-order valence-corrected chi connectivity index (χ2v) is 7.80. The van der Waals surface area contributed by atoms with Gasteiger partial charge in [-0.3, -0.25) is 0 Å². The van der Waals surface area contributed by atoms with Gasteiger partial charge in [0.25, 0.3) is 0 Å². The third-order valence-electron chi connectivity index (χ3n) is 3.47. The van der Waals surface area contributed by atoms with E-state index in [0.717, 1.165) is 0 Å². The predicted molar refractivity (Wildman–Crippen MR) is 94.4 cm³/mol. The largest absolute Gasteiger partial charge is 0.449 e. The maximum Gasteiger partial charge on any atom is 0.377 e. The summed E-state index contributed by atoms with van der Waals surface area (Å²) in [6.07, 6.45) is -1.18. The Kier molecular flexibility index (Phi) is 4.94. The molecule has 0 aliphatic carbocycles. The Bertz CT molecular complexity index is 941. The SMILES string of the molecule is Cc1ccccc1S(=O)(=O)NC1OC(=O)C(Oc2ccccc2)=C1Br. The Morgan fingerprint density at radius 3 is 2.40 bits per heavy atom. The van der Waals surface area contributed by atoms with Gasteiger partial charge in [0, 0.05) is 0 Å². The van der Waals surface area contributed by atoms with E-state index in [1.165, 1.54) is 6.07 Å². The van der Waals surface area contributed by atoms with Gasteiger partial charge in [0.15, 0.2) is 0 Å². The van der Waals surface area contributed by atoms with E-state index < -0.39 is 22.2 Å². The molecule has 0 fully saturated rings. The monoisotopic (exact) mass is 423 g/mol. The van der Waals surface area contributed by atoms with Gasteiger partial charge in [0.2, 0.25) is 22.0 Å². The summed E-state index contributed by atoms with van der Waals surface area (Å²) >= 11 is 3.19. The third-order valence-corrected chi connectivity index (χ3v) is 5.80. The van der Waals surface area contributed by atoms with Gasteiger partial charge in [-0.15, -0.1) is 0 Å². The number of hydrogen-bond donors (Lipinski definition) is 1. The number of aryl methyl sites for hydroxylation is 1. The van der Waals surface area contributed by atoms with E-state index in [9.17, 15) is 13.2 Å². The number of nitrogens with one attached hydrogen (secondary N) is 1. The molecule has 0 radical (unpaired) electrons. The highest BCUT2D eigenvalue weighted by atomic mass is 79.9. The number of cyclic esters (lactones) is 1. The number of sulfonamides is 1. The van der Waals surface area contributed by atoms with Crippen molar-refractivity contribution in [2.24, 2.45) is 0 Å². The van der Waals surface area contributed by atoms with Crippen molar-refractivity contribution < 1.29 is 22.7 Å². The number of esters is 1. The zero-order chi connectivity index (χ0) is 18.0. The average molecular weight is 424 g/mol. The van der Waals surface area contributed by atoms with E-state index in [2.05, 4.69) is 20.7 Å². The number of ether oxygens (including phenoxy) is 2. The van der Waals surface area contributed by atoms with Gasteiger partial charge in [-0.25, -0.2) is 13.2 Å². The molecule has 0 spiro atoms. The van der Waals surface area contributed by atoms with Crippen LogP contribution in [0.15, 0.2) is 69.7 Å². The Hall–Kier alpha value is -2.16. The quantitative estimate of drug-likeness (QED) is 0.747. The Balaban J connectivity index is 1.84. The van der Waals surface area contributed by atoms with Crippen molar-refractivity contribution in [1.82, 2.24) is 4.72 Å². The number of para-hydroxylation sites is 1. The minimum atomic E-state index is -3.87. The lowest BCUT2D eigenvalue weighted by Crippen LogP contribution is -2.35. The van der Waals surface area contributed by atoms with Gasteiger partial charge < -0.3 is 9.47 Å². The molecule has 0 aromatic heterocycles. The standard InChI is InChI=1S/C17H14BrNO5S/c1-11-7-5-6-10-13(11)25(21,22)19-16-14(18)15(17(20)24-16)23-12-8-3-2-4-9-12/h2-10,16,19H,1H3. The first-order valence-electron chi connectivity index (χ1n) is 7.30. The molecule has 6 nitrogen and oxygen atoms in total. The summed E-state index contributed by atoms with van der Waals surface area (Å²) in [5.74, 6) is -0.411. The van der Waals surface area contributed by atoms with Crippen molar-refractivity contribution in [1.29, 1.82) is 0 Å². The van der Waals surface area contributed by atoms with Gasteiger partial charge in [0.05, 0.1) is 4.90 Å². The average Bonchev–Trinajstić information content (AvgIpc) is 2.83. The molecular weight excluding hydrogens is 410 g/mol. The number of rotatable bonds is 5. The fourth-order valence-corrected chi connectivity index (χ4v) is 4.19. The second kappa shape index (κ2) is 6.99. The van der Waals surface area contributed by atoms with Gasteiger partial charge >= 0.3 is 5.97 Å². The Morgan fingerprint density at radius 2 is 1.72 bits per heavy atom. The van der Waals surface area contributed by atoms with Crippen LogP contribution < -0.4 is 9.46 Å². The topological polar surface area (TPSA) is 81.7 Å². The summed E-state index contributed by atoms with van der Waals surface area (Å²) < 4.78 is 38.2. The molecule has 3 rings (SSSR count). The first-order chi connectivity index (χ1) is 11.9. The van der Waals surface area contributed by atoms with Gasteiger partial charge in [0.1, 0.15) is 10.2 Å². The van der Waals surface area contributed by atoms with E-state index in [4.69, 9.17) is 9.47 Å². The maximum atomic E-state index is 12.5. The molecule has 0 bridgehead atoms. The molecule has 8 heteroatoms. The lowest BCUT2D eigenvalue weighted by atomic mass is 10.2. The number of benzene rings is 2. The molecule has 1 heterocycles. The van der Waals surface area contributed by atoms with Crippen LogP contribution in [0.4, 0.5) is 0 Å². The predicted octanol–water partition coefficient (Wildman–Crippen LogP) is 2.84. The summed E-state index contributed by atoms with van der Waals surface area (Å²) in [5.41, 5.74) is 0.584. The molecule has 0 saturated carbocycles. The van der Waals surface area contributed by atoms with Crippen molar-refractivity contribution in [2.45, 2.75) is 18.0 Å². The molecule has 1 N–H and O–H groups in total. The van der Waals surface area contributed by atoms with Crippen molar-refractivity contribution in [2.75, 3.05) is 0 Å². The van der Waals surface area contributed by atoms with Gasteiger partial charge in [-0.1, -0.05) is 36.4 Å². The van der Waals surface area contributed by atoms with Gasteiger partial charge in [-0.2, -0.15) is 4.72 Å². The number of carbonyl (C=O) groups is 1. The summed E-state index contributed by atoms with van der Waals surface area (Å²) in [5, 5.41) is 0. The molecule has 2 aromatic rings. The number of carbonyl (C=O) groups excluding carboxylic acids is 1. The van der Waals surface area contributed by atoms with E-state index in [1.807, 2.05) is 6.07 Å². The zero-order valence-corrected chi connectivity index (χ0v) is 15.5. The molecule has 25 heavy (non-hydrogen) atoms. The molecule has 1 atom stereocenters. The number of hydrogen-bond acceptors (Lipinski definition) is 5. The lowest BCUT2D eigenvalue weighted by molar-refractivity contribution is -0.141. The Labute approximate surface area is 153 Å². The summed E-state index contributed by atoms with van der Waals surface area (Å²) in [7, 11) is -3.87. The fourth-order valence-electron chi connectivity index (χ4n) is 2.26. The van der Waals surface area contributed by atoms with Crippen molar-refractivity contribution in [3.05, 3.63) is 70.4 Å². The van der Waals surface area contributed by atoms with Crippen molar-refractivity contribution in [3.63, 3.8) is 0 Å². The van der Waals surface area contributed by atoms with Crippen LogP contribution in [0.5, 0.6) is 5.75 Å². The van der Waals surface area contributed by atoms with Crippen LogP contribution in [0, 0.1) is 6.92 Å². The van der Waals surface area contributed by atoms with Crippen LogP contribution in [0.25, 0.3) is 0 Å². The molecule has 130 valence electrons. The first-order valence-corrected chi connectivity index (χ1v) is 9.57. The van der Waals surface area contributed by atoms with Gasteiger partial charge in [-0.05, 0) is 46.6 Å². The normalized spacial score (nSPS) is 17.5. The summed E-state index contributed by atoms with van der Waals surface area (Å²) in [6.45, 7) is 1.68. The highest BCUT2D eigenvalue weighted by Gasteiger charge is 2.38. The van der Waals surface area contributed by atoms with Crippen molar-refractivity contribution in [3.8, 4) is 5.75 Å². The van der Waals surface area contributed by atoms with E-state index in [1.54, 1.807) is 49.4 Å². The third kappa shape index (κ3) is 3.76. The molecule has 0 amide bonds. The van der Waals surface area contributed by atoms with E-state index >= 15 is 0 Å². The fraction of sp³-hybridized carbons (Fsp3) is 0.118. The molecule has 1 unspecified atom stereocenters. The summed E-state index contributed by atoms with van der Waals surface area (Å²) in [6, 6.07) is 15.2. The van der Waals surface area contributed by atoms with E-state index in [-0.39, 0.29) is 15.1 Å². The highest BCUT2D eigenvalue weighted by Crippen LogP contribution is 2.30. The van der Waals surface area contributed by atoms with Crippen LogP contribution in [0.3, 0.4) is 0 Å². The minimum Gasteiger partial charge on any atom is -0.449 e. The van der Waals surface area contributed by atoms with E-state index in [0.29, 0.717) is 11.3 Å².